The van der Waals surface area contributed by atoms with Crippen LogP contribution in [-0.4, -0.2) is 42.2 Å². The van der Waals surface area contributed by atoms with E-state index in [2.05, 4.69) is 32.6 Å². The Labute approximate surface area is 137 Å². The van der Waals surface area contributed by atoms with Gasteiger partial charge in [0.05, 0.1) is 6.54 Å². The van der Waals surface area contributed by atoms with Gasteiger partial charge in [-0.2, -0.15) is 0 Å². The van der Waals surface area contributed by atoms with Crippen LogP contribution in [0.4, 0.5) is 0 Å². The average Bonchev–Trinajstić information content (AvgIpc) is 3.17. The number of aliphatic hydroxyl groups excluding tert-OH is 1. The molecule has 126 valence electrons. The van der Waals surface area contributed by atoms with Gasteiger partial charge in [0, 0.05) is 38.4 Å². The predicted octanol–water partition coefficient (Wildman–Crippen LogP) is 1.97. The van der Waals surface area contributed by atoms with E-state index in [-0.39, 0.29) is 0 Å². The fourth-order valence-electron chi connectivity index (χ4n) is 3.44. The maximum Gasteiger partial charge on any atom is 0.137 e. The summed E-state index contributed by atoms with van der Waals surface area (Å²) in [4.78, 5) is 11.2. The summed E-state index contributed by atoms with van der Waals surface area (Å²) >= 11 is 0. The van der Waals surface area contributed by atoms with Crippen molar-refractivity contribution in [2.45, 2.75) is 45.4 Å². The molecule has 0 saturated carbocycles. The Hall–Kier alpha value is -1.66. The highest BCUT2D eigenvalue weighted by Gasteiger charge is 2.28. The number of rotatable bonds is 6. The zero-order valence-corrected chi connectivity index (χ0v) is 14.1. The number of nitrogens with zero attached hydrogens (tertiary/aromatic N) is 5. The highest BCUT2D eigenvalue weighted by atomic mass is 16.3. The molecule has 0 aromatic carbocycles. The van der Waals surface area contributed by atoms with Crippen LogP contribution in [0, 0.1) is 5.92 Å². The molecule has 1 N–H and O–H groups in total. The first-order valence-electron chi connectivity index (χ1n) is 8.56. The van der Waals surface area contributed by atoms with Gasteiger partial charge in [0.1, 0.15) is 17.8 Å². The van der Waals surface area contributed by atoms with Gasteiger partial charge >= 0.3 is 0 Å². The molecule has 0 bridgehead atoms. The maximum atomic E-state index is 10.6. The minimum Gasteiger partial charge on any atom is -0.385 e. The Morgan fingerprint density at radius 1 is 1.22 bits per heavy atom. The molecule has 3 heterocycles. The van der Waals surface area contributed by atoms with Crippen molar-refractivity contribution in [3.05, 3.63) is 36.4 Å². The van der Waals surface area contributed by atoms with E-state index in [1.165, 1.54) is 0 Å². The van der Waals surface area contributed by atoms with Crippen molar-refractivity contribution in [3.63, 3.8) is 0 Å². The first-order valence-corrected chi connectivity index (χ1v) is 8.56. The zero-order valence-electron chi connectivity index (χ0n) is 14.1. The smallest absolute Gasteiger partial charge is 0.137 e. The molecule has 2 aromatic heterocycles. The summed E-state index contributed by atoms with van der Waals surface area (Å²) in [6.45, 7) is 6.13. The molecule has 0 spiro atoms. The normalized spacial score (nSPS) is 18.4. The van der Waals surface area contributed by atoms with Gasteiger partial charge in [-0.05, 0) is 38.3 Å². The number of piperidine rings is 1. The first kappa shape index (κ1) is 16.2. The molecular formula is C17H27N5O. The van der Waals surface area contributed by atoms with E-state index in [1.54, 1.807) is 6.20 Å². The lowest BCUT2D eigenvalue weighted by atomic mass is 9.90. The largest absolute Gasteiger partial charge is 0.385 e. The lowest BCUT2D eigenvalue weighted by Gasteiger charge is -2.33. The van der Waals surface area contributed by atoms with Crippen molar-refractivity contribution >= 4 is 0 Å². The second kappa shape index (κ2) is 7.27. The van der Waals surface area contributed by atoms with Crippen LogP contribution in [0.2, 0.25) is 0 Å². The number of aromatic nitrogens is 4. The van der Waals surface area contributed by atoms with Crippen LogP contribution in [0.3, 0.4) is 0 Å². The maximum absolute atomic E-state index is 10.6. The van der Waals surface area contributed by atoms with Gasteiger partial charge in [0.25, 0.3) is 0 Å². The molecule has 0 aliphatic carbocycles. The number of aliphatic hydroxyl groups is 1. The van der Waals surface area contributed by atoms with Crippen LogP contribution in [0.25, 0.3) is 0 Å². The number of hydrogen-bond acceptors (Lipinski definition) is 4. The summed E-state index contributed by atoms with van der Waals surface area (Å²) < 4.78 is 4.16. The molecular weight excluding hydrogens is 290 g/mol. The predicted molar refractivity (Wildman–Crippen MR) is 88.7 cm³/mol. The van der Waals surface area contributed by atoms with Crippen LogP contribution in [-0.2, 0) is 20.1 Å². The van der Waals surface area contributed by atoms with E-state index in [4.69, 9.17) is 0 Å². The summed E-state index contributed by atoms with van der Waals surface area (Å²) in [5.74, 6) is 2.22. The number of aryl methyl sites for hydroxylation is 2. The lowest BCUT2D eigenvalue weighted by molar-refractivity contribution is 0.0483. The van der Waals surface area contributed by atoms with Crippen LogP contribution >= 0.6 is 0 Å². The Morgan fingerprint density at radius 3 is 2.61 bits per heavy atom. The van der Waals surface area contributed by atoms with Crippen LogP contribution in [0.1, 0.15) is 43.9 Å². The summed E-state index contributed by atoms with van der Waals surface area (Å²) in [7, 11) is 1.94. The van der Waals surface area contributed by atoms with Gasteiger partial charge < -0.3 is 14.2 Å². The standard InChI is InChI=1S/C17H27N5O/c1-3-8-22-12-7-18-15(22)13-21-9-4-14(5-10-21)16(23)17-19-6-11-20(17)2/h6-7,11-12,14,16,23H,3-5,8-10,13H2,1-2H3/t16-/m0/s1. The van der Waals surface area contributed by atoms with Gasteiger partial charge in [-0.3, -0.25) is 4.90 Å². The van der Waals surface area contributed by atoms with E-state index in [0.29, 0.717) is 5.92 Å². The van der Waals surface area contributed by atoms with Crippen molar-refractivity contribution in [1.29, 1.82) is 0 Å². The molecule has 1 aliphatic heterocycles. The third kappa shape index (κ3) is 3.64. The molecule has 0 unspecified atom stereocenters. The topological polar surface area (TPSA) is 59.1 Å². The Kier molecular flexibility index (Phi) is 5.13. The molecule has 23 heavy (non-hydrogen) atoms. The molecule has 1 atom stereocenters. The fourth-order valence-corrected chi connectivity index (χ4v) is 3.44. The molecule has 1 fully saturated rings. The highest BCUT2D eigenvalue weighted by molar-refractivity contribution is 4.99. The van der Waals surface area contributed by atoms with Crippen LogP contribution < -0.4 is 0 Å². The van der Waals surface area contributed by atoms with E-state index in [0.717, 1.165) is 57.1 Å². The zero-order chi connectivity index (χ0) is 16.2. The Balaban J connectivity index is 1.54. The monoisotopic (exact) mass is 317 g/mol. The SMILES string of the molecule is CCCn1ccnc1CN1CCC([C@H](O)c2nccn2C)CC1. The minimum atomic E-state index is -0.459. The molecule has 0 amide bonds. The molecule has 2 aromatic rings. The van der Waals surface area contributed by atoms with Gasteiger partial charge in [-0.25, -0.2) is 9.97 Å². The van der Waals surface area contributed by atoms with Gasteiger partial charge in [-0.15, -0.1) is 0 Å². The van der Waals surface area contributed by atoms with Gasteiger partial charge in [-0.1, -0.05) is 6.92 Å². The minimum absolute atomic E-state index is 0.294. The van der Waals surface area contributed by atoms with Crippen molar-refractivity contribution in [1.82, 2.24) is 24.0 Å². The third-order valence-electron chi connectivity index (χ3n) is 4.83. The van der Waals surface area contributed by atoms with E-state index < -0.39 is 6.10 Å². The molecule has 1 aliphatic rings. The number of imidazole rings is 2. The molecule has 6 nitrogen and oxygen atoms in total. The first-order chi connectivity index (χ1) is 11.2. The number of hydrogen-bond donors (Lipinski definition) is 1. The van der Waals surface area contributed by atoms with Crippen molar-refractivity contribution < 1.29 is 5.11 Å². The summed E-state index contributed by atoms with van der Waals surface area (Å²) in [6, 6.07) is 0. The molecule has 1 saturated heterocycles. The summed E-state index contributed by atoms with van der Waals surface area (Å²) in [5, 5.41) is 10.6. The van der Waals surface area contributed by atoms with Gasteiger partial charge in [0.2, 0.25) is 0 Å². The number of likely N-dealkylation sites (tertiary alicyclic amines) is 1. The quantitative estimate of drug-likeness (QED) is 0.885. The fraction of sp³-hybridized carbons (Fsp3) is 0.647. The summed E-state index contributed by atoms with van der Waals surface area (Å²) in [6.07, 6.45) is 10.3. The lowest BCUT2D eigenvalue weighted by Crippen LogP contribution is -2.36. The van der Waals surface area contributed by atoms with Gasteiger partial charge in [0.15, 0.2) is 0 Å². The Morgan fingerprint density at radius 2 is 1.96 bits per heavy atom. The average molecular weight is 317 g/mol. The van der Waals surface area contributed by atoms with Crippen LogP contribution in [0.5, 0.6) is 0 Å². The van der Waals surface area contributed by atoms with Crippen LogP contribution in [0.15, 0.2) is 24.8 Å². The third-order valence-corrected chi connectivity index (χ3v) is 4.83. The second-order valence-corrected chi connectivity index (χ2v) is 6.49. The highest BCUT2D eigenvalue weighted by Crippen LogP contribution is 2.30. The summed E-state index contributed by atoms with van der Waals surface area (Å²) in [5.41, 5.74) is 0. The Bertz CT molecular complexity index is 612. The molecule has 3 rings (SSSR count). The van der Waals surface area contributed by atoms with Crippen molar-refractivity contribution in [3.8, 4) is 0 Å². The van der Waals surface area contributed by atoms with E-state index in [1.807, 2.05) is 24.0 Å². The second-order valence-electron chi connectivity index (χ2n) is 6.49. The molecule has 6 heteroatoms. The van der Waals surface area contributed by atoms with Crippen molar-refractivity contribution in [2.24, 2.45) is 13.0 Å². The molecule has 0 radical (unpaired) electrons. The van der Waals surface area contributed by atoms with E-state index >= 15 is 0 Å². The van der Waals surface area contributed by atoms with E-state index in [9.17, 15) is 5.11 Å². The van der Waals surface area contributed by atoms with Crippen molar-refractivity contribution in [2.75, 3.05) is 13.1 Å².